The van der Waals surface area contributed by atoms with E-state index in [-0.39, 0.29) is 34.6 Å². The van der Waals surface area contributed by atoms with Crippen molar-refractivity contribution in [3.8, 4) is 5.75 Å². The minimum atomic E-state index is -0.734. The van der Waals surface area contributed by atoms with E-state index in [1.165, 1.54) is 18.2 Å². The normalized spacial score (nSPS) is 12.6. The minimum absolute atomic E-state index is 0.0919. The summed E-state index contributed by atoms with van der Waals surface area (Å²) in [6.45, 7) is 1.78. The minimum Gasteiger partial charge on any atom is -0.506 e. The molecule has 0 radical (unpaired) electrons. The van der Waals surface area contributed by atoms with Gasteiger partial charge in [0.15, 0.2) is 11.6 Å². The maximum atomic E-state index is 12.5. The van der Waals surface area contributed by atoms with E-state index in [0.29, 0.717) is 5.56 Å². The molecule has 0 atom stereocenters. The van der Waals surface area contributed by atoms with E-state index >= 15 is 0 Å². The van der Waals surface area contributed by atoms with Gasteiger partial charge in [-0.1, -0.05) is 24.3 Å². The SMILES string of the molecule is CCOC(=O)c1ccc2c(c1O)C(=O)c1ccccc1C2=O. The van der Waals surface area contributed by atoms with Gasteiger partial charge in [0.2, 0.25) is 0 Å². The van der Waals surface area contributed by atoms with Crippen LogP contribution in [0.3, 0.4) is 0 Å². The number of fused-ring (bicyclic) bond motifs is 2. The maximum Gasteiger partial charge on any atom is 0.341 e. The third-order valence-corrected chi connectivity index (χ3v) is 3.56. The van der Waals surface area contributed by atoms with E-state index in [0.717, 1.165) is 0 Å². The number of esters is 1. The van der Waals surface area contributed by atoms with Crippen LogP contribution in [0.5, 0.6) is 5.75 Å². The van der Waals surface area contributed by atoms with Gasteiger partial charge in [0.1, 0.15) is 11.3 Å². The largest absolute Gasteiger partial charge is 0.506 e. The molecule has 0 heterocycles. The summed E-state index contributed by atoms with van der Waals surface area (Å²) in [5.74, 6) is -2.07. The van der Waals surface area contributed by atoms with Crippen LogP contribution in [-0.2, 0) is 4.74 Å². The summed E-state index contributed by atoms with van der Waals surface area (Å²) in [6.07, 6.45) is 0. The molecule has 22 heavy (non-hydrogen) atoms. The fourth-order valence-corrected chi connectivity index (χ4v) is 2.54. The molecular weight excluding hydrogens is 284 g/mol. The average molecular weight is 296 g/mol. The van der Waals surface area contributed by atoms with Crippen LogP contribution >= 0.6 is 0 Å². The Morgan fingerprint density at radius 3 is 2.27 bits per heavy atom. The van der Waals surface area contributed by atoms with Crippen molar-refractivity contribution in [3.63, 3.8) is 0 Å². The van der Waals surface area contributed by atoms with Crippen LogP contribution in [0.15, 0.2) is 36.4 Å². The molecule has 0 aromatic heterocycles. The average Bonchev–Trinajstić information content (AvgIpc) is 2.52. The molecule has 0 saturated heterocycles. The van der Waals surface area contributed by atoms with Crippen LogP contribution < -0.4 is 0 Å². The topological polar surface area (TPSA) is 80.7 Å². The molecular formula is C17H12O5. The molecule has 1 aliphatic carbocycles. The number of rotatable bonds is 2. The van der Waals surface area contributed by atoms with Crippen LogP contribution in [0.4, 0.5) is 0 Å². The van der Waals surface area contributed by atoms with Crippen molar-refractivity contribution in [3.05, 3.63) is 64.2 Å². The van der Waals surface area contributed by atoms with Crippen molar-refractivity contribution in [2.75, 3.05) is 6.61 Å². The fraction of sp³-hybridized carbons (Fsp3) is 0.118. The molecule has 0 amide bonds. The van der Waals surface area contributed by atoms with Crippen molar-refractivity contribution in [1.82, 2.24) is 0 Å². The van der Waals surface area contributed by atoms with Gasteiger partial charge in [0.05, 0.1) is 12.2 Å². The first-order chi connectivity index (χ1) is 10.6. The van der Waals surface area contributed by atoms with E-state index in [1.54, 1.807) is 25.1 Å². The molecule has 2 aromatic rings. The molecule has 0 spiro atoms. The van der Waals surface area contributed by atoms with E-state index in [4.69, 9.17) is 4.74 Å². The fourth-order valence-electron chi connectivity index (χ4n) is 2.54. The number of carbonyl (C=O) groups excluding carboxylic acids is 3. The summed E-state index contributed by atoms with van der Waals surface area (Å²) in [6, 6.07) is 9.07. The van der Waals surface area contributed by atoms with Crippen LogP contribution in [0.2, 0.25) is 0 Å². The second kappa shape index (κ2) is 5.11. The van der Waals surface area contributed by atoms with E-state index < -0.39 is 17.5 Å². The second-order valence-electron chi connectivity index (χ2n) is 4.81. The molecule has 0 fully saturated rings. The number of carbonyl (C=O) groups is 3. The van der Waals surface area contributed by atoms with Gasteiger partial charge in [-0.15, -0.1) is 0 Å². The number of aromatic hydroxyl groups is 1. The Kier molecular flexibility index (Phi) is 3.25. The number of phenolic OH excluding ortho intramolecular Hbond substituents is 1. The predicted octanol–water partition coefficient (Wildman–Crippen LogP) is 2.34. The summed E-state index contributed by atoms with van der Waals surface area (Å²) < 4.78 is 4.84. The lowest BCUT2D eigenvalue weighted by Crippen LogP contribution is -2.22. The Morgan fingerprint density at radius 1 is 1.00 bits per heavy atom. The highest BCUT2D eigenvalue weighted by atomic mass is 16.5. The summed E-state index contributed by atoms with van der Waals surface area (Å²) >= 11 is 0. The van der Waals surface area contributed by atoms with E-state index in [9.17, 15) is 19.5 Å². The maximum absolute atomic E-state index is 12.5. The zero-order chi connectivity index (χ0) is 15.9. The van der Waals surface area contributed by atoms with Gasteiger partial charge < -0.3 is 9.84 Å². The molecule has 0 saturated carbocycles. The summed E-state index contributed by atoms with van der Waals surface area (Å²) in [7, 11) is 0. The first-order valence-corrected chi connectivity index (χ1v) is 6.77. The lowest BCUT2D eigenvalue weighted by molar-refractivity contribution is 0.0522. The van der Waals surface area contributed by atoms with Gasteiger partial charge >= 0.3 is 5.97 Å². The molecule has 3 rings (SSSR count). The molecule has 110 valence electrons. The van der Waals surface area contributed by atoms with Crippen LogP contribution in [0, 0.1) is 0 Å². The molecule has 2 aromatic carbocycles. The van der Waals surface area contributed by atoms with Gasteiger partial charge in [0.25, 0.3) is 0 Å². The highest BCUT2D eigenvalue weighted by Gasteiger charge is 2.33. The van der Waals surface area contributed by atoms with E-state index in [2.05, 4.69) is 0 Å². The molecule has 1 N–H and O–H groups in total. The van der Waals surface area contributed by atoms with Gasteiger partial charge in [0, 0.05) is 16.7 Å². The molecule has 1 aliphatic rings. The van der Waals surface area contributed by atoms with Gasteiger partial charge in [-0.3, -0.25) is 9.59 Å². The molecule has 5 nitrogen and oxygen atoms in total. The van der Waals surface area contributed by atoms with Gasteiger partial charge in [-0.25, -0.2) is 4.79 Å². The number of benzene rings is 2. The number of hydrogen-bond acceptors (Lipinski definition) is 5. The summed E-state index contributed by atoms with van der Waals surface area (Å²) in [5.41, 5.74) is 0.337. The number of ketones is 2. The first-order valence-electron chi connectivity index (χ1n) is 6.77. The zero-order valence-corrected chi connectivity index (χ0v) is 11.8. The standard InChI is InChI=1S/C17H12O5/c1-2-22-17(21)12-8-7-11-13(16(12)20)15(19)10-6-4-3-5-9(10)14(11)18/h3-8,20H,2H2,1H3. The van der Waals surface area contributed by atoms with Crippen molar-refractivity contribution < 1.29 is 24.2 Å². The Bertz CT molecular complexity index is 820. The number of hydrogen-bond donors (Lipinski definition) is 1. The predicted molar refractivity (Wildman–Crippen MR) is 77.4 cm³/mol. The number of phenols is 1. The number of ether oxygens (including phenoxy) is 1. The van der Waals surface area contributed by atoms with Crippen molar-refractivity contribution in [1.29, 1.82) is 0 Å². The smallest absolute Gasteiger partial charge is 0.341 e. The summed E-state index contributed by atoms with van der Waals surface area (Å²) in [4.78, 5) is 36.8. The second-order valence-corrected chi connectivity index (χ2v) is 4.81. The molecule has 0 aliphatic heterocycles. The van der Waals surface area contributed by atoms with Crippen LogP contribution in [0.25, 0.3) is 0 Å². The Labute approximate surface area is 126 Å². The first kappa shape index (κ1) is 14.0. The lowest BCUT2D eigenvalue weighted by Gasteiger charge is -2.19. The highest BCUT2D eigenvalue weighted by molar-refractivity contribution is 6.29. The van der Waals surface area contributed by atoms with Crippen molar-refractivity contribution >= 4 is 17.5 Å². The Balaban J connectivity index is 2.21. The summed E-state index contributed by atoms with van der Waals surface area (Å²) in [5, 5.41) is 10.3. The van der Waals surface area contributed by atoms with Crippen LogP contribution in [0.1, 0.15) is 49.1 Å². The third-order valence-electron chi connectivity index (χ3n) is 3.56. The third kappa shape index (κ3) is 1.90. The Morgan fingerprint density at radius 2 is 1.64 bits per heavy atom. The highest BCUT2D eigenvalue weighted by Crippen LogP contribution is 2.35. The van der Waals surface area contributed by atoms with Crippen molar-refractivity contribution in [2.45, 2.75) is 6.92 Å². The molecule has 0 unspecified atom stereocenters. The monoisotopic (exact) mass is 296 g/mol. The van der Waals surface area contributed by atoms with Gasteiger partial charge in [-0.2, -0.15) is 0 Å². The van der Waals surface area contributed by atoms with Crippen molar-refractivity contribution in [2.24, 2.45) is 0 Å². The van der Waals surface area contributed by atoms with E-state index in [1.807, 2.05) is 0 Å². The zero-order valence-electron chi connectivity index (χ0n) is 11.8. The quantitative estimate of drug-likeness (QED) is 0.734. The van der Waals surface area contributed by atoms with Crippen LogP contribution in [-0.4, -0.2) is 29.2 Å². The molecule has 5 heteroatoms. The Hall–Kier alpha value is -2.95. The lowest BCUT2D eigenvalue weighted by atomic mass is 9.82. The van der Waals surface area contributed by atoms with Gasteiger partial charge in [-0.05, 0) is 19.1 Å². The molecule has 0 bridgehead atoms.